The fourth-order valence-corrected chi connectivity index (χ4v) is 4.66. The van der Waals surface area contributed by atoms with Gasteiger partial charge in [-0.1, -0.05) is 29.5 Å². The van der Waals surface area contributed by atoms with E-state index in [4.69, 9.17) is 16.3 Å². The molecule has 4 rings (SSSR count). The van der Waals surface area contributed by atoms with Crippen LogP contribution in [0.4, 0.5) is 9.93 Å². The summed E-state index contributed by atoms with van der Waals surface area (Å²) in [6, 6.07) is 10.9. The molecular formula is C22H20ClN3O4S. The van der Waals surface area contributed by atoms with Crippen molar-refractivity contribution in [2.75, 3.05) is 25.5 Å². The van der Waals surface area contributed by atoms with Gasteiger partial charge in [0, 0.05) is 24.5 Å². The van der Waals surface area contributed by atoms with Gasteiger partial charge in [0.1, 0.15) is 11.3 Å². The number of hydrogen-bond donors (Lipinski definition) is 2. The zero-order valence-electron chi connectivity index (χ0n) is 16.7. The van der Waals surface area contributed by atoms with Crippen LogP contribution in [0.15, 0.2) is 42.5 Å². The van der Waals surface area contributed by atoms with E-state index in [1.54, 1.807) is 19.2 Å². The predicted molar refractivity (Wildman–Crippen MR) is 122 cm³/mol. The summed E-state index contributed by atoms with van der Waals surface area (Å²) in [4.78, 5) is 29.8. The Morgan fingerprint density at radius 2 is 2.03 bits per heavy atom. The highest BCUT2D eigenvalue weighted by molar-refractivity contribution is 7.22. The topological polar surface area (TPSA) is 91.8 Å². The van der Waals surface area contributed by atoms with Gasteiger partial charge >= 0.3 is 6.09 Å². The predicted octanol–water partition coefficient (Wildman–Crippen LogP) is 5.06. The van der Waals surface area contributed by atoms with Crippen molar-refractivity contribution in [3.8, 4) is 5.75 Å². The highest BCUT2D eigenvalue weighted by atomic mass is 35.5. The molecule has 0 unspecified atom stereocenters. The van der Waals surface area contributed by atoms with Gasteiger partial charge in [0.25, 0.3) is 5.91 Å². The van der Waals surface area contributed by atoms with Crippen molar-refractivity contribution in [1.82, 2.24) is 9.88 Å². The molecule has 1 aromatic heterocycles. The van der Waals surface area contributed by atoms with Crippen molar-refractivity contribution >= 4 is 55.9 Å². The Kier molecular flexibility index (Phi) is 6.11. The van der Waals surface area contributed by atoms with Crippen molar-refractivity contribution in [1.29, 1.82) is 0 Å². The molecule has 0 saturated heterocycles. The number of halogens is 1. The molecule has 2 aromatic carbocycles. The van der Waals surface area contributed by atoms with Crippen LogP contribution in [0.2, 0.25) is 0 Å². The lowest BCUT2D eigenvalue weighted by Crippen LogP contribution is -2.33. The number of carbonyl (C=O) groups excluding carboxylic acids is 1. The van der Waals surface area contributed by atoms with E-state index in [2.05, 4.69) is 10.3 Å². The molecule has 31 heavy (non-hydrogen) atoms. The summed E-state index contributed by atoms with van der Waals surface area (Å²) < 4.78 is 6.35. The molecular weight excluding hydrogens is 438 g/mol. The molecule has 160 valence electrons. The number of thiazole rings is 1. The third-order valence-corrected chi connectivity index (χ3v) is 6.46. The van der Waals surface area contributed by atoms with E-state index in [0.717, 1.165) is 21.4 Å². The first-order valence-electron chi connectivity index (χ1n) is 9.61. The summed E-state index contributed by atoms with van der Waals surface area (Å²) in [5.41, 5.74) is 4.16. The lowest BCUT2D eigenvalue weighted by atomic mass is 9.99. The van der Waals surface area contributed by atoms with Crippen LogP contribution in [0, 0.1) is 0 Å². The monoisotopic (exact) mass is 457 g/mol. The summed E-state index contributed by atoms with van der Waals surface area (Å²) in [6.07, 6.45) is 1.62. The standard InChI is InChI=1S/C22H20ClN3O4S/c1-30-17-7-6-16(14-8-10-26(11-9-14)22(28)29)19-18(17)24-21(31-19)25-20(27)15-4-2-13(12-23)3-5-15/h2-8H,9-12H2,1H3,(H,28,29)(H,24,25,27). The van der Waals surface area contributed by atoms with E-state index in [0.29, 0.717) is 47.4 Å². The van der Waals surface area contributed by atoms with Gasteiger partial charge < -0.3 is 14.7 Å². The van der Waals surface area contributed by atoms with E-state index in [9.17, 15) is 14.7 Å². The lowest BCUT2D eigenvalue weighted by molar-refractivity contribution is 0.102. The molecule has 0 fully saturated rings. The number of alkyl halides is 1. The summed E-state index contributed by atoms with van der Waals surface area (Å²) in [7, 11) is 1.58. The smallest absolute Gasteiger partial charge is 0.407 e. The Labute approximate surface area is 187 Å². The van der Waals surface area contributed by atoms with Crippen LogP contribution >= 0.6 is 22.9 Å². The molecule has 0 atom stereocenters. The molecule has 0 radical (unpaired) electrons. The summed E-state index contributed by atoms with van der Waals surface area (Å²) in [5.74, 6) is 0.753. The molecule has 3 aromatic rings. The van der Waals surface area contributed by atoms with Gasteiger partial charge in [-0.05, 0) is 47.4 Å². The zero-order valence-corrected chi connectivity index (χ0v) is 18.3. The maximum atomic E-state index is 12.7. The third kappa shape index (κ3) is 4.35. The highest BCUT2D eigenvalue weighted by Gasteiger charge is 2.21. The lowest BCUT2D eigenvalue weighted by Gasteiger charge is -2.24. The molecule has 1 aliphatic heterocycles. The summed E-state index contributed by atoms with van der Waals surface area (Å²) in [6.45, 7) is 0.786. The Hall–Kier alpha value is -3.10. The number of hydrogen-bond acceptors (Lipinski definition) is 5. The van der Waals surface area contributed by atoms with Crippen molar-refractivity contribution in [2.24, 2.45) is 0 Å². The maximum absolute atomic E-state index is 12.7. The highest BCUT2D eigenvalue weighted by Crippen LogP contribution is 2.39. The molecule has 0 saturated carbocycles. The van der Waals surface area contributed by atoms with Gasteiger partial charge in [-0.2, -0.15) is 0 Å². The number of nitrogens with one attached hydrogen (secondary N) is 1. The molecule has 7 nitrogen and oxygen atoms in total. The maximum Gasteiger partial charge on any atom is 0.407 e. The Morgan fingerprint density at radius 1 is 1.26 bits per heavy atom. The number of aromatic nitrogens is 1. The van der Waals surface area contributed by atoms with Crippen LogP contribution in [-0.4, -0.2) is 47.2 Å². The number of carboxylic acid groups (broad SMARTS) is 1. The number of fused-ring (bicyclic) bond motifs is 1. The van der Waals surface area contributed by atoms with E-state index in [-0.39, 0.29) is 5.91 Å². The Bertz CT molecular complexity index is 1170. The van der Waals surface area contributed by atoms with Crippen LogP contribution in [0.1, 0.15) is 27.9 Å². The Morgan fingerprint density at radius 3 is 2.65 bits per heavy atom. The van der Waals surface area contributed by atoms with Crippen molar-refractivity contribution in [3.05, 3.63) is 59.2 Å². The molecule has 0 spiro atoms. The van der Waals surface area contributed by atoms with Crippen LogP contribution in [-0.2, 0) is 5.88 Å². The van der Waals surface area contributed by atoms with E-state index >= 15 is 0 Å². The largest absolute Gasteiger partial charge is 0.494 e. The van der Waals surface area contributed by atoms with E-state index in [1.807, 2.05) is 30.3 Å². The number of methoxy groups -OCH3 is 1. The molecule has 1 aliphatic rings. The normalized spacial score (nSPS) is 13.7. The molecule has 2 heterocycles. The molecule has 2 N–H and O–H groups in total. The van der Waals surface area contributed by atoms with E-state index in [1.165, 1.54) is 16.2 Å². The van der Waals surface area contributed by atoms with Crippen LogP contribution in [0.3, 0.4) is 0 Å². The van der Waals surface area contributed by atoms with Gasteiger partial charge in [-0.15, -0.1) is 11.6 Å². The van der Waals surface area contributed by atoms with Crippen molar-refractivity contribution in [3.63, 3.8) is 0 Å². The second-order valence-corrected chi connectivity index (χ2v) is 8.27. The van der Waals surface area contributed by atoms with Gasteiger partial charge in [0.2, 0.25) is 0 Å². The molecule has 2 amide bonds. The number of nitrogens with zero attached hydrogens (tertiary/aromatic N) is 2. The van der Waals surface area contributed by atoms with Gasteiger partial charge in [-0.3, -0.25) is 10.1 Å². The van der Waals surface area contributed by atoms with E-state index < -0.39 is 6.09 Å². The molecule has 9 heteroatoms. The van der Waals surface area contributed by atoms with Gasteiger partial charge in [-0.25, -0.2) is 9.78 Å². The van der Waals surface area contributed by atoms with Crippen molar-refractivity contribution in [2.45, 2.75) is 12.3 Å². The fraction of sp³-hybridized carbons (Fsp3) is 0.227. The molecule has 0 bridgehead atoms. The quantitative estimate of drug-likeness (QED) is 0.522. The average molecular weight is 458 g/mol. The number of rotatable bonds is 5. The minimum Gasteiger partial charge on any atom is -0.494 e. The summed E-state index contributed by atoms with van der Waals surface area (Å²) >= 11 is 7.18. The number of amides is 2. The third-order valence-electron chi connectivity index (χ3n) is 5.14. The number of carbonyl (C=O) groups is 2. The summed E-state index contributed by atoms with van der Waals surface area (Å²) in [5, 5.41) is 12.5. The van der Waals surface area contributed by atoms with Crippen molar-refractivity contribution < 1.29 is 19.4 Å². The second kappa shape index (κ2) is 8.95. The van der Waals surface area contributed by atoms with Crippen LogP contribution < -0.4 is 10.1 Å². The minimum absolute atomic E-state index is 0.255. The van der Waals surface area contributed by atoms with Crippen LogP contribution in [0.5, 0.6) is 5.75 Å². The first-order chi connectivity index (χ1) is 15.0. The average Bonchev–Trinajstić information content (AvgIpc) is 3.22. The SMILES string of the molecule is COc1ccc(C2=CCN(C(=O)O)CC2)c2sc(NC(=O)c3ccc(CCl)cc3)nc12. The minimum atomic E-state index is -0.919. The Balaban J connectivity index is 1.65. The number of benzene rings is 2. The fourth-order valence-electron chi connectivity index (χ4n) is 3.46. The van der Waals surface area contributed by atoms with Gasteiger partial charge in [0.15, 0.2) is 5.13 Å². The van der Waals surface area contributed by atoms with Gasteiger partial charge in [0.05, 0.1) is 11.8 Å². The first kappa shape index (κ1) is 21.1. The number of anilines is 1. The number of ether oxygens (including phenoxy) is 1. The molecule has 0 aliphatic carbocycles. The zero-order chi connectivity index (χ0) is 22.0. The van der Waals surface area contributed by atoms with Crippen LogP contribution in [0.25, 0.3) is 15.8 Å². The first-order valence-corrected chi connectivity index (χ1v) is 11.0. The second-order valence-electron chi connectivity index (χ2n) is 7.00.